The molecule has 0 heterocycles. The fourth-order valence-corrected chi connectivity index (χ4v) is 2.43. The molecule has 0 fully saturated rings. The van der Waals surface area contributed by atoms with Crippen molar-refractivity contribution in [2.24, 2.45) is 0 Å². The Bertz CT molecular complexity index is 205. The minimum atomic E-state index is -3.34. The molecule has 0 amide bonds. The molecule has 0 aliphatic carbocycles. The highest BCUT2D eigenvalue weighted by Crippen LogP contribution is 2.37. The summed E-state index contributed by atoms with van der Waals surface area (Å²) < 4.78 is 25.2. The second-order valence-electron chi connectivity index (χ2n) is 1.79. The van der Waals surface area contributed by atoms with Gasteiger partial charge in [0.05, 0.1) is 12.9 Å². The molecule has 0 saturated heterocycles. The minimum absolute atomic E-state index is 0.0365. The molecular formula is C4H7Br3O3S. The lowest BCUT2D eigenvalue weighted by molar-refractivity contribution is 0.397. The van der Waals surface area contributed by atoms with Crippen LogP contribution in [0.5, 0.6) is 0 Å². The van der Waals surface area contributed by atoms with Gasteiger partial charge >= 0.3 is 0 Å². The van der Waals surface area contributed by atoms with Crippen molar-refractivity contribution >= 4 is 57.9 Å². The fourth-order valence-electron chi connectivity index (χ4n) is 0.324. The molecule has 0 saturated carbocycles. The standard InChI is InChI=1S/C4H7Br3O3S/c1-10-11(8,9)3-2-4(5,6)7/h2-3H2,1H3. The maximum atomic E-state index is 10.8. The van der Waals surface area contributed by atoms with E-state index in [1.54, 1.807) is 0 Å². The molecule has 0 aromatic carbocycles. The van der Waals surface area contributed by atoms with Crippen LogP contribution in [0.15, 0.2) is 0 Å². The third kappa shape index (κ3) is 7.70. The van der Waals surface area contributed by atoms with Crippen LogP contribution in [-0.2, 0) is 14.3 Å². The maximum Gasteiger partial charge on any atom is 0.267 e. The predicted octanol–water partition coefficient (Wildman–Crippen LogP) is 2.19. The summed E-state index contributed by atoms with van der Waals surface area (Å²) in [5, 5.41) is 0. The van der Waals surface area contributed by atoms with Gasteiger partial charge in [-0.05, 0) is 6.42 Å². The Kier molecular flexibility index (Phi) is 5.11. The van der Waals surface area contributed by atoms with Crippen molar-refractivity contribution in [3.63, 3.8) is 0 Å². The smallest absolute Gasteiger partial charge is 0.267 e. The Labute approximate surface area is 91.4 Å². The molecular weight excluding hydrogens is 368 g/mol. The van der Waals surface area contributed by atoms with Gasteiger partial charge in [-0.3, -0.25) is 4.18 Å². The highest BCUT2D eigenvalue weighted by molar-refractivity contribution is 9.39. The van der Waals surface area contributed by atoms with Crippen molar-refractivity contribution in [3.05, 3.63) is 0 Å². The Morgan fingerprint density at radius 3 is 2.09 bits per heavy atom. The topological polar surface area (TPSA) is 43.4 Å². The molecule has 0 aliphatic heterocycles. The summed E-state index contributed by atoms with van der Waals surface area (Å²) in [6.45, 7) is 0. The molecule has 68 valence electrons. The Balaban J connectivity index is 3.91. The Morgan fingerprint density at radius 1 is 1.36 bits per heavy atom. The van der Waals surface area contributed by atoms with Crippen LogP contribution in [0, 0.1) is 0 Å². The van der Waals surface area contributed by atoms with Crippen molar-refractivity contribution < 1.29 is 12.6 Å². The van der Waals surface area contributed by atoms with Crippen molar-refractivity contribution in [1.82, 2.24) is 0 Å². The molecule has 3 nitrogen and oxygen atoms in total. The van der Waals surface area contributed by atoms with Crippen molar-refractivity contribution in [2.75, 3.05) is 12.9 Å². The SMILES string of the molecule is COS(=O)(=O)CCC(Br)(Br)Br. The zero-order chi connectivity index (χ0) is 9.12. The van der Waals surface area contributed by atoms with Crippen LogP contribution in [-0.4, -0.2) is 23.4 Å². The summed E-state index contributed by atoms with van der Waals surface area (Å²) in [4.78, 5) is 0. The van der Waals surface area contributed by atoms with E-state index in [1.165, 1.54) is 0 Å². The van der Waals surface area contributed by atoms with Crippen LogP contribution in [0.4, 0.5) is 0 Å². The molecule has 0 radical (unpaired) electrons. The van der Waals surface area contributed by atoms with Gasteiger partial charge < -0.3 is 0 Å². The highest BCUT2D eigenvalue weighted by atomic mass is 80.0. The first-order valence-corrected chi connectivity index (χ1v) is 6.57. The molecule has 0 N–H and O–H groups in total. The zero-order valence-electron chi connectivity index (χ0n) is 5.68. The molecule has 0 bridgehead atoms. The second-order valence-corrected chi connectivity index (χ2v) is 10.9. The number of hydrogen-bond donors (Lipinski definition) is 0. The van der Waals surface area contributed by atoms with Crippen LogP contribution >= 0.6 is 47.8 Å². The first kappa shape index (κ1) is 12.3. The Hall–Kier alpha value is 1.35. The Morgan fingerprint density at radius 2 is 1.82 bits per heavy atom. The third-order valence-electron chi connectivity index (χ3n) is 0.889. The first-order chi connectivity index (χ1) is 4.77. The lowest BCUT2D eigenvalue weighted by atomic mass is 10.6. The van der Waals surface area contributed by atoms with E-state index in [0.717, 1.165) is 7.11 Å². The van der Waals surface area contributed by atoms with Gasteiger partial charge in [-0.2, -0.15) is 8.42 Å². The van der Waals surface area contributed by atoms with Gasteiger partial charge in [-0.25, -0.2) is 0 Å². The van der Waals surface area contributed by atoms with Gasteiger partial charge in [0.2, 0.25) is 0 Å². The van der Waals surface area contributed by atoms with Crippen LogP contribution in [0.2, 0.25) is 0 Å². The van der Waals surface area contributed by atoms with Gasteiger partial charge in [0.25, 0.3) is 10.1 Å². The quantitative estimate of drug-likeness (QED) is 0.562. The van der Waals surface area contributed by atoms with E-state index in [2.05, 4.69) is 52.0 Å². The van der Waals surface area contributed by atoms with E-state index in [0.29, 0.717) is 6.42 Å². The van der Waals surface area contributed by atoms with Crippen molar-refractivity contribution in [1.29, 1.82) is 0 Å². The normalized spacial score (nSPS) is 13.5. The van der Waals surface area contributed by atoms with Crippen LogP contribution in [0.1, 0.15) is 6.42 Å². The average molecular weight is 375 g/mol. The monoisotopic (exact) mass is 372 g/mol. The summed E-state index contributed by atoms with van der Waals surface area (Å²) in [5.74, 6) is -0.0365. The lowest BCUT2D eigenvalue weighted by Gasteiger charge is -2.10. The summed E-state index contributed by atoms with van der Waals surface area (Å²) >= 11 is 9.52. The lowest BCUT2D eigenvalue weighted by Crippen LogP contribution is -2.13. The molecule has 0 aromatic heterocycles. The molecule has 0 atom stereocenters. The second kappa shape index (κ2) is 4.55. The fraction of sp³-hybridized carbons (Fsp3) is 1.00. The molecule has 0 spiro atoms. The van der Waals surface area contributed by atoms with E-state index < -0.39 is 12.3 Å². The molecule has 11 heavy (non-hydrogen) atoms. The molecule has 0 rings (SSSR count). The average Bonchev–Trinajstić information content (AvgIpc) is 1.83. The first-order valence-electron chi connectivity index (χ1n) is 2.62. The number of halogens is 3. The number of hydrogen-bond acceptors (Lipinski definition) is 3. The predicted molar refractivity (Wildman–Crippen MR) is 54.9 cm³/mol. The van der Waals surface area contributed by atoms with Gasteiger partial charge in [-0.1, -0.05) is 47.8 Å². The van der Waals surface area contributed by atoms with Crippen LogP contribution < -0.4 is 0 Å². The van der Waals surface area contributed by atoms with Crippen molar-refractivity contribution in [2.45, 2.75) is 8.56 Å². The van der Waals surface area contributed by atoms with E-state index in [9.17, 15) is 8.42 Å². The number of rotatable bonds is 3. The van der Waals surface area contributed by atoms with Gasteiger partial charge in [0.15, 0.2) is 0 Å². The van der Waals surface area contributed by atoms with Crippen LogP contribution in [0.25, 0.3) is 0 Å². The van der Waals surface area contributed by atoms with Gasteiger partial charge in [0.1, 0.15) is 2.14 Å². The molecule has 0 aliphatic rings. The van der Waals surface area contributed by atoms with E-state index >= 15 is 0 Å². The maximum absolute atomic E-state index is 10.8. The van der Waals surface area contributed by atoms with Crippen LogP contribution in [0.3, 0.4) is 0 Å². The van der Waals surface area contributed by atoms with Gasteiger partial charge in [0, 0.05) is 0 Å². The summed E-state index contributed by atoms with van der Waals surface area (Å²) in [5.41, 5.74) is 0. The largest absolute Gasteiger partial charge is 0.273 e. The molecule has 0 aromatic rings. The van der Waals surface area contributed by atoms with E-state index in [-0.39, 0.29) is 5.75 Å². The highest BCUT2D eigenvalue weighted by Gasteiger charge is 2.21. The number of alkyl halides is 3. The summed E-state index contributed by atoms with van der Waals surface area (Å²) in [6.07, 6.45) is 0.378. The van der Waals surface area contributed by atoms with E-state index in [4.69, 9.17) is 0 Å². The van der Waals surface area contributed by atoms with E-state index in [1.807, 2.05) is 0 Å². The third-order valence-corrected chi connectivity index (χ3v) is 3.29. The molecule has 0 unspecified atom stereocenters. The summed E-state index contributed by atoms with van der Waals surface area (Å²) in [6, 6.07) is 0. The zero-order valence-corrected chi connectivity index (χ0v) is 11.3. The minimum Gasteiger partial charge on any atom is -0.273 e. The van der Waals surface area contributed by atoms with Gasteiger partial charge in [-0.15, -0.1) is 0 Å². The molecule has 7 heteroatoms. The summed E-state index contributed by atoms with van der Waals surface area (Å²) in [7, 11) is -2.20. The van der Waals surface area contributed by atoms with Crippen molar-refractivity contribution in [3.8, 4) is 0 Å².